The van der Waals surface area contributed by atoms with Gasteiger partial charge in [0.05, 0.1) is 23.0 Å². The smallest absolute Gasteiger partial charge is 0.320 e. The summed E-state index contributed by atoms with van der Waals surface area (Å²) >= 11 is 7.75. The average molecular weight is 684 g/mol. The van der Waals surface area contributed by atoms with E-state index in [9.17, 15) is 9.90 Å². The fourth-order valence-corrected chi connectivity index (χ4v) is 6.01. The molecule has 0 aliphatic carbocycles. The molecule has 3 heterocycles. The molecule has 0 radical (unpaired) electrons. The van der Waals surface area contributed by atoms with Crippen molar-refractivity contribution in [3.05, 3.63) is 107 Å². The molecule has 6 rings (SSSR count). The summed E-state index contributed by atoms with van der Waals surface area (Å²) in [5, 5.41) is 38.4. The normalized spacial score (nSPS) is 11.5. The molecule has 0 aliphatic rings. The molecule has 0 fully saturated rings. The third-order valence-corrected chi connectivity index (χ3v) is 8.78. The molecule has 0 unspecified atom stereocenters. The van der Waals surface area contributed by atoms with E-state index >= 15 is 0 Å². The number of nitrogens with one attached hydrogen (secondary N) is 2. The molecule has 6 aromatic rings. The number of aliphatic hydroxyl groups excluding tert-OH is 1. The minimum Gasteiger partial charge on any atom is -0.506 e. The number of aromatic hydroxyl groups is 1. The first-order valence-electron chi connectivity index (χ1n) is 15.2. The molecule has 0 saturated carbocycles. The number of halogens is 1. The number of aliphatic hydroxyl groups is 1. The maximum Gasteiger partial charge on any atom is 0.320 e. The molecule has 246 valence electrons. The van der Waals surface area contributed by atoms with Crippen molar-refractivity contribution in [1.82, 2.24) is 29.7 Å². The molecule has 0 aliphatic heterocycles. The van der Waals surface area contributed by atoms with E-state index in [0.29, 0.717) is 28.7 Å². The van der Waals surface area contributed by atoms with Gasteiger partial charge in [0.25, 0.3) is 0 Å². The van der Waals surface area contributed by atoms with E-state index in [1.165, 1.54) is 6.07 Å². The maximum absolute atomic E-state index is 13.2. The van der Waals surface area contributed by atoms with Crippen molar-refractivity contribution < 1.29 is 19.7 Å². The summed E-state index contributed by atoms with van der Waals surface area (Å²) in [6.07, 6.45) is 1.99. The highest BCUT2D eigenvalue weighted by Crippen LogP contribution is 2.33. The number of pyridine rings is 1. The van der Waals surface area contributed by atoms with Crippen LogP contribution in [0.4, 0.5) is 10.6 Å². The van der Waals surface area contributed by atoms with Crippen LogP contribution in [0.1, 0.15) is 32.0 Å². The number of carbonyl (C=O) groups is 1. The summed E-state index contributed by atoms with van der Waals surface area (Å²) in [4.78, 5) is 15.2. The summed E-state index contributed by atoms with van der Waals surface area (Å²) in [6, 6.07) is 25.5. The number of rotatable bonds is 10. The van der Waals surface area contributed by atoms with Gasteiger partial charge in [-0.05, 0) is 66.2 Å². The lowest BCUT2D eigenvalue weighted by Crippen LogP contribution is -2.29. The molecule has 3 aromatic heterocycles. The Morgan fingerprint density at radius 2 is 1.79 bits per heavy atom. The van der Waals surface area contributed by atoms with Gasteiger partial charge in [-0.25, -0.2) is 9.48 Å². The number of ether oxygens (including phenoxy) is 1. The molecule has 0 saturated heterocycles. The Balaban J connectivity index is 1.17. The third-order valence-electron chi connectivity index (χ3n) is 7.38. The number of phenols is 1. The number of carbonyl (C=O) groups excluding carboxylic acids is 1. The second-order valence-electron chi connectivity index (χ2n) is 11.9. The highest BCUT2D eigenvalue weighted by molar-refractivity contribution is 7.99. The summed E-state index contributed by atoms with van der Waals surface area (Å²) in [7, 11) is 0. The Kier molecular flexibility index (Phi) is 9.58. The molecule has 3 aromatic carbocycles. The molecule has 4 N–H and O–H groups in total. The second-order valence-corrected chi connectivity index (χ2v) is 13.5. The molecular formula is C35H34ClN7O4S. The van der Waals surface area contributed by atoms with Gasteiger partial charge in [0.1, 0.15) is 23.9 Å². The van der Waals surface area contributed by atoms with Crippen molar-refractivity contribution in [1.29, 1.82) is 0 Å². The molecular weight excluding hydrogens is 650 g/mol. The predicted octanol–water partition coefficient (Wildman–Crippen LogP) is 7.08. The van der Waals surface area contributed by atoms with Gasteiger partial charge in [0.15, 0.2) is 11.5 Å². The largest absolute Gasteiger partial charge is 0.506 e. The number of phenolic OH excluding ortho intramolecular Hbond substituents is 1. The zero-order chi connectivity index (χ0) is 33.8. The van der Waals surface area contributed by atoms with Crippen LogP contribution in [0.15, 0.2) is 101 Å². The lowest BCUT2D eigenvalue weighted by atomic mass is 9.92. The van der Waals surface area contributed by atoms with Crippen LogP contribution in [0.25, 0.3) is 22.7 Å². The van der Waals surface area contributed by atoms with Gasteiger partial charge in [0, 0.05) is 39.6 Å². The molecule has 0 atom stereocenters. The van der Waals surface area contributed by atoms with Crippen LogP contribution >= 0.6 is 23.4 Å². The Morgan fingerprint density at radius 1 is 1.00 bits per heavy atom. The van der Waals surface area contributed by atoms with Gasteiger partial charge in [0.2, 0.25) is 0 Å². The van der Waals surface area contributed by atoms with E-state index < -0.39 is 6.03 Å². The lowest BCUT2D eigenvalue weighted by molar-refractivity contribution is 0.201. The first-order chi connectivity index (χ1) is 23.1. The van der Waals surface area contributed by atoms with Gasteiger partial charge in [-0.3, -0.25) is 9.72 Å². The average Bonchev–Trinajstić information content (AvgIpc) is 3.69. The fraction of sp³-hybridized carbons (Fsp3) is 0.200. The van der Waals surface area contributed by atoms with Crippen molar-refractivity contribution in [3.63, 3.8) is 0 Å². The van der Waals surface area contributed by atoms with Crippen LogP contribution in [0.3, 0.4) is 0 Å². The first kappa shape index (κ1) is 32.9. The highest BCUT2D eigenvalue weighted by atomic mass is 35.5. The number of hydrogen-bond donors (Lipinski definition) is 4. The highest BCUT2D eigenvalue weighted by Gasteiger charge is 2.22. The van der Waals surface area contributed by atoms with E-state index in [0.717, 1.165) is 26.6 Å². The van der Waals surface area contributed by atoms with Gasteiger partial charge < -0.3 is 20.3 Å². The van der Waals surface area contributed by atoms with E-state index in [2.05, 4.69) is 20.8 Å². The number of aromatic nitrogens is 5. The zero-order valence-electron chi connectivity index (χ0n) is 26.5. The summed E-state index contributed by atoms with van der Waals surface area (Å²) in [5.41, 5.74) is 3.63. The van der Waals surface area contributed by atoms with Crippen LogP contribution in [-0.2, 0) is 12.0 Å². The van der Waals surface area contributed by atoms with E-state index in [1.54, 1.807) is 28.6 Å². The van der Waals surface area contributed by atoms with Crippen molar-refractivity contribution >= 4 is 40.9 Å². The molecule has 11 nitrogen and oxygen atoms in total. The van der Waals surface area contributed by atoms with Crippen LogP contribution in [-0.4, -0.2) is 53.8 Å². The Morgan fingerprint density at radius 3 is 2.54 bits per heavy atom. The minimum atomic E-state index is -0.399. The van der Waals surface area contributed by atoms with Crippen molar-refractivity contribution in [3.8, 4) is 28.6 Å². The minimum absolute atomic E-state index is 0.0365. The van der Waals surface area contributed by atoms with Crippen LogP contribution < -0.4 is 15.4 Å². The zero-order valence-corrected chi connectivity index (χ0v) is 28.1. The Bertz CT molecular complexity index is 2070. The van der Waals surface area contributed by atoms with Gasteiger partial charge in [-0.2, -0.15) is 5.10 Å². The van der Waals surface area contributed by atoms with Crippen LogP contribution in [0, 0.1) is 0 Å². The Hall–Kier alpha value is -5.04. The van der Waals surface area contributed by atoms with Gasteiger partial charge >= 0.3 is 6.03 Å². The number of nitrogens with zero attached hydrogens (tertiary/aromatic N) is 5. The number of benzene rings is 3. The summed E-state index contributed by atoms with van der Waals surface area (Å²) < 4.78 is 9.02. The quantitative estimate of drug-likeness (QED) is 0.120. The summed E-state index contributed by atoms with van der Waals surface area (Å²) in [5.74, 6) is 1.79. The number of fused-ring (bicyclic) bond motifs is 1. The van der Waals surface area contributed by atoms with Crippen LogP contribution in [0.2, 0.25) is 5.02 Å². The van der Waals surface area contributed by atoms with Crippen molar-refractivity contribution in [2.24, 2.45) is 0 Å². The first-order valence-corrected chi connectivity index (χ1v) is 16.4. The van der Waals surface area contributed by atoms with E-state index in [4.69, 9.17) is 26.5 Å². The molecule has 0 spiro atoms. The summed E-state index contributed by atoms with van der Waals surface area (Å²) in [6.45, 7) is 6.58. The monoisotopic (exact) mass is 683 g/mol. The SMILES string of the molecule is CC(C)(C)c1cc(NC(=O)NCc2ccccc2Sc2ccc3nnc(-c4ccc(OCCO)cc4)n3c2)n(-c2ccc(O)c(Cl)c2)n1. The molecule has 2 amide bonds. The number of anilines is 1. The van der Waals surface area contributed by atoms with Crippen LogP contribution in [0.5, 0.6) is 11.5 Å². The third kappa shape index (κ3) is 7.41. The standard InChI is InChI=1S/C35H34ClN7O4S/c1-35(2,3)30-19-32(43(41-30)24-10-14-28(45)27(36)18-24)38-34(46)37-20-23-6-4-5-7-29(23)48-26-13-15-31-39-40-33(42(31)21-26)22-8-11-25(12-9-22)47-17-16-44/h4-15,18-19,21,44-45H,16-17,20H2,1-3H3,(H2,37,38,46). The Labute approximate surface area is 286 Å². The maximum atomic E-state index is 13.2. The topological polar surface area (TPSA) is 139 Å². The molecule has 0 bridgehead atoms. The number of hydrogen-bond acceptors (Lipinski definition) is 8. The predicted molar refractivity (Wildman–Crippen MR) is 186 cm³/mol. The van der Waals surface area contributed by atoms with Gasteiger partial charge in [-0.15, -0.1) is 10.2 Å². The lowest BCUT2D eigenvalue weighted by Gasteiger charge is -2.14. The fourth-order valence-electron chi connectivity index (χ4n) is 4.87. The molecule has 48 heavy (non-hydrogen) atoms. The van der Waals surface area contributed by atoms with E-state index in [-0.39, 0.29) is 35.9 Å². The second kappa shape index (κ2) is 14.0. The van der Waals surface area contributed by atoms with Gasteiger partial charge in [-0.1, -0.05) is 62.3 Å². The van der Waals surface area contributed by atoms with Crippen molar-refractivity contribution in [2.75, 3.05) is 18.5 Å². The van der Waals surface area contributed by atoms with E-state index in [1.807, 2.05) is 98.1 Å². The molecule has 13 heteroatoms. The number of urea groups is 1. The van der Waals surface area contributed by atoms with Crippen molar-refractivity contribution in [2.45, 2.75) is 42.5 Å². The number of amides is 2.